The molecule has 2 rings (SSSR count). The Labute approximate surface area is 116 Å². The number of aryl methyl sites for hydroxylation is 2. The molecule has 7 nitrogen and oxygen atoms in total. The van der Waals surface area contributed by atoms with E-state index in [9.17, 15) is 10.1 Å². The Morgan fingerprint density at radius 2 is 2.20 bits per heavy atom. The first-order valence-corrected chi connectivity index (χ1v) is 6.49. The summed E-state index contributed by atoms with van der Waals surface area (Å²) in [5, 5.41) is 18.9. The van der Waals surface area contributed by atoms with Crippen molar-refractivity contribution in [3.8, 4) is 0 Å². The molecule has 1 aromatic heterocycles. The van der Waals surface area contributed by atoms with Gasteiger partial charge in [0.1, 0.15) is 0 Å². The van der Waals surface area contributed by atoms with Gasteiger partial charge < -0.3 is 5.73 Å². The van der Waals surface area contributed by atoms with E-state index in [0.29, 0.717) is 18.5 Å². The van der Waals surface area contributed by atoms with Gasteiger partial charge >= 0.3 is 0 Å². The number of rotatable bonds is 6. The van der Waals surface area contributed by atoms with Crippen LogP contribution in [0.1, 0.15) is 30.6 Å². The summed E-state index contributed by atoms with van der Waals surface area (Å²) >= 11 is 0. The zero-order valence-electron chi connectivity index (χ0n) is 11.3. The van der Waals surface area contributed by atoms with Crippen LogP contribution in [0.4, 0.5) is 5.69 Å². The molecule has 0 bridgehead atoms. The second-order valence-electron chi connectivity index (χ2n) is 4.56. The van der Waals surface area contributed by atoms with E-state index in [1.165, 1.54) is 6.07 Å². The van der Waals surface area contributed by atoms with E-state index < -0.39 is 0 Å². The number of benzene rings is 1. The van der Waals surface area contributed by atoms with Gasteiger partial charge in [0.15, 0.2) is 0 Å². The average Bonchev–Trinajstić information content (AvgIpc) is 2.93. The van der Waals surface area contributed by atoms with E-state index in [1.807, 2.05) is 6.92 Å². The number of nitro benzene ring substituents is 1. The highest BCUT2D eigenvalue weighted by Gasteiger charge is 2.13. The van der Waals surface area contributed by atoms with Crippen LogP contribution in [0.5, 0.6) is 0 Å². The number of hydrogen-bond donors (Lipinski definition) is 1. The quantitative estimate of drug-likeness (QED) is 0.640. The molecule has 2 aromatic rings. The third-order valence-electron chi connectivity index (χ3n) is 3.17. The van der Waals surface area contributed by atoms with Gasteiger partial charge in [-0.1, -0.05) is 30.3 Å². The molecule has 0 saturated heterocycles. The van der Waals surface area contributed by atoms with Crippen LogP contribution in [-0.2, 0) is 13.0 Å². The molecular formula is C13H17N5O2. The largest absolute Gasteiger partial charge is 0.323 e. The van der Waals surface area contributed by atoms with Crippen molar-refractivity contribution in [1.29, 1.82) is 0 Å². The Hall–Kier alpha value is -2.28. The second-order valence-corrected chi connectivity index (χ2v) is 4.56. The van der Waals surface area contributed by atoms with Crippen molar-refractivity contribution in [3.05, 3.63) is 51.8 Å². The molecule has 0 fully saturated rings. The van der Waals surface area contributed by atoms with E-state index in [-0.39, 0.29) is 16.7 Å². The van der Waals surface area contributed by atoms with Crippen LogP contribution in [0.25, 0.3) is 0 Å². The topological polar surface area (TPSA) is 99.9 Å². The van der Waals surface area contributed by atoms with Crippen LogP contribution >= 0.6 is 0 Å². The Kier molecular flexibility index (Phi) is 4.41. The van der Waals surface area contributed by atoms with Crippen LogP contribution in [0.2, 0.25) is 0 Å². The Balaban J connectivity index is 2.06. The number of hydrogen-bond acceptors (Lipinski definition) is 5. The third kappa shape index (κ3) is 3.18. The molecule has 2 N–H and O–H groups in total. The van der Waals surface area contributed by atoms with Gasteiger partial charge in [0, 0.05) is 18.2 Å². The van der Waals surface area contributed by atoms with Gasteiger partial charge in [0.05, 0.1) is 22.9 Å². The molecule has 0 aliphatic heterocycles. The second kappa shape index (κ2) is 6.25. The number of para-hydroxylation sites is 1. The molecule has 0 saturated carbocycles. The fraction of sp³-hybridized carbons (Fsp3) is 0.385. The summed E-state index contributed by atoms with van der Waals surface area (Å²) in [7, 11) is 0. The predicted molar refractivity (Wildman–Crippen MR) is 74.0 cm³/mol. The van der Waals surface area contributed by atoms with Crippen molar-refractivity contribution in [2.75, 3.05) is 0 Å². The zero-order valence-corrected chi connectivity index (χ0v) is 11.3. The first kappa shape index (κ1) is 14.1. The highest BCUT2D eigenvalue weighted by atomic mass is 16.6. The first-order valence-electron chi connectivity index (χ1n) is 6.49. The fourth-order valence-corrected chi connectivity index (χ4v) is 1.94. The van der Waals surface area contributed by atoms with E-state index in [1.54, 1.807) is 29.1 Å². The third-order valence-corrected chi connectivity index (χ3v) is 3.17. The van der Waals surface area contributed by atoms with Crippen LogP contribution in [0.3, 0.4) is 0 Å². The Morgan fingerprint density at radius 1 is 1.45 bits per heavy atom. The minimum atomic E-state index is -0.366. The molecule has 7 heteroatoms. The number of nitrogens with two attached hydrogens (primary N) is 1. The Morgan fingerprint density at radius 3 is 2.90 bits per heavy atom. The van der Waals surface area contributed by atoms with E-state index in [0.717, 1.165) is 12.1 Å². The fourth-order valence-electron chi connectivity index (χ4n) is 1.94. The molecule has 0 spiro atoms. The average molecular weight is 275 g/mol. The summed E-state index contributed by atoms with van der Waals surface area (Å²) in [5.41, 5.74) is 7.45. The molecule has 1 unspecified atom stereocenters. The van der Waals surface area contributed by atoms with Crippen molar-refractivity contribution in [2.24, 2.45) is 5.73 Å². The monoisotopic (exact) mass is 275 g/mol. The Bertz CT molecular complexity index is 596. The summed E-state index contributed by atoms with van der Waals surface area (Å²) in [6.07, 6.45) is 3.12. The van der Waals surface area contributed by atoms with Gasteiger partial charge in [0.2, 0.25) is 0 Å². The smallest absolute Gasteiger partial charge is 0.272 e. The maximum absolute atomic E-state index is 10.9. The standard InChI is InChI=1S/C13H17N5O2/c1-2-11(14)12-9-17(16-15-12)8-7-10-5-3-4-6-13(10)18(19)20/h3-6,9,11H,2,7-8,14H2,1H3. The molecule has 1 aromatic carbocycles. The van der Waals surface area contributed by atoms with E-state index >= 15 is 0 Å². The SMILES string of the molecule is CCC(N)c1cn(CCc2ccccc2[N+](=O)[O-])nn1. The van der Waals surface area contributed by atoms with Gasteiger partial charge in [-0.3, -0.25) is 14.8 Å². The first-order chi connectivity index (χ1) is 9.61. The maximum Gasteiger partial charge on any atom is 0.272 e. The summed E-state index contributed by atoms with van der Waals surface area (Å²) in [5.74, 6) is 0. The lowest BCUT2D eigenvalue weighted by atomic mass is 10.1. The zero-order chi connectivity index (χ0) is 14.5. The molecule has 0 radical (unpaired) electrons. The summed E-state index contributed by atoms with van der Waals surface area (Å²) < 4.78 is 1.67. The van der Waals surface area contributed by atoms with Gasteiger partial charge in [-0.15, -0.1) is 5.10 Å². The molecular weight excluding hydrogens is 258 g/mol. The minimum Gasteiger partial charge on any atom is -0.323 e. The summed E-state index contributed by atoms with van der Waals surface area (Å²) in [6.45, 7) is 2.52. The van der Waals surface area contributed by atoms with Gasteiger partial charge in [-0.2, -0.15) is 0 Å². The number of nitrogens with zero attached hydrogens (tertiary/aromatic N) is 4. The van der Waals surface area contributed by atoms with Crippen molar-refractivity contribution < 1.29 is 4.92 Å². The molecule has 106 valence electrons. The highest BCUT2D eigenvalue weighted by molar-refractivity contribution is 5.39. The molecule has 1 atom stereocenters. The van der Waals surface area contributed by atoms with Crippen molar-refractivity contribution >= 4 is 5.69 Å². The van der Waals surface area contributed by atoms with Crippen LogP contribution in [-0.4, -0.2) is 19.9 Å². The normalized spacial score (nSPS) is 12.3. The van der Waals surface area contributed by atoms with Gasteiger partial charge in [-0.25, -0.2) is 0 Å². The molecule has 0 aliphatic carbocycles. The van der Waals surface area contributed by atoms with Crippen LogP contribution in [0, 0.1) is 10.1 Å². The van der Waals surface area contributed by atoms with Gasteiger partial charge in [0.25, 0.3) is 5.69 Å². The van der Waals surface area contributed by atoms with E-state index in [2.05, 4.69) is 10.3 Å². The van der Waals surface area contributed by atoms with Gasteiger partial charge in [-0.05, 0) is 12.8 Å². The minimum absolute atomic E-state index is 0.116. The van der Waals surface area contributed by atoms with Crippen molar-refractivity contribution in [2.45, 2.75) is 32.4 Å². The lowest BCUT2D eigenvalue weighted by Crippen LogP contribution is -2.09. The molecule has 0 aliphatic rings. The lowest BCUT2D eigenvalue weighted by Gasteiger charge is -2.03. The summed E-state index contributed by atoms with van der Waals surface area (Å²) in [6, 6.07) is 6.61. The van der Waals surface area contributed by atoms with Crippen LogP contribution < -0.4 is 5.73 Å². The molecule has 0 amide bonds. The lowest BCUT2D eigenvalue weighted by molar-refractivity contribution is -0.385. The summed E-state index contributed by atoms with van der Waals surface area (Å²) in [4.78, 5) is 10.6. The number of aromatic nitrogens is 3. The van der Waals surface area contributed by atoms with Crippen LogP contribution in [0.15, 0.2) is 30.5 Å². The maximum atomic E-state index is 10.9. The number of nitro groups is 1. The predicted octanol–water partition coefficient (Wildman–Crippen LogP) is 1.84. The molecule has 1 heterocycles. The van der Waals surface area contributed by atoms with Crippen molar-refractivity contribution in [1.82, 2.24) is 15.0 Å². The van der Waals surface area contributed by atoms with Crippen molar-refractivity contribution in [3.63, 3.8) is 0 Å². The molecule has 20 heavy (non-hydrogen) atoms. The highest BCUT2D eigenvalue weighted by Crippen LogP contribution is 2.18. The van der Waals surface area contributed by atoms with E-state index in [4.69, 9.17) is 5.73 Å².